The highest BCUT2D eigenvalue weighted by Gasteiger charge is 2.30. The molecule has 0 spiro atoms. The summed E-state index contributed by atoms with van der Waals surface area (Å²) in [6.45, 7) is 6.40. The summed E-state index contributed by atoms with van der Waals surface area (Å²) in [7, 11) is 0. The molecule has 2 fully saturated rings. The maximum Gasteiger partial charge on any atom is 0.416 e. The van der Waals surface area contributed by atoms with Gasteiger partial charge in [0.1, 0.15) is 6.61 Å². The van der Waals surface area contributed by atoms with E-state index in [1.165, 1.54) is 6.07 Å². The summed E-state index contributed by atoms with van der Waals surface area (Å²) in [5, 5.41) is 13.1. The molecule has 2 saturated heterocycles. The number of hydrogen-bond donors (Lipinski definition) is 1. The normalized spacial score (nSPS) is 17.5. The summed E-state index contributed by atoms with van der Waals surface area (Å²) in [5.74, 6) is 0.131. The lowest BCUT2D eigenvalue weighted by molar-refractivity contribution is -0.137. The minimum atomic E-state index is -4.38. The Kier molecular flexibility index (Phi) is 13.2. The maximum absolute atomic E-state index is 12.8. The lowest BCUT2D eigenvalue weighted by atomic mass is 10.1. The molecule has 194 valence electrons. The molecule has 1 amide bonds. The van der Waals surface area contributed by atoms with Crippen LogP contribution in [-0.2, 0) is 22.4 Å². The monoisotopic (exact) mass is 528 g/mol. The number of likely N-dealkylation sites (tertiary alicyclic amines) is 1. The average Bonchev–Trinajstić information content (AvgIpc) is 2.79. The average molecular weight is 529 g/mol. The van der Waals surface area contributed by atoms with E-state index in [0.29, 0.717) is 44.5 Å². The molecule has 0 bridgehead atoms. The topological polar surface area (TPSA) is 68.6 Å². The molecule has 2 aliphatic rings. The summed E-state index contributed by atoms with van der Waals surface area (Å²) in [5.41, 5.74) is 0.528. The van der Waals surface area contributed by atoms with Gasteiger partial charge < -0.3 is 19.7 Å². The number of piperidine rings is 1. The first kappa shape index (κ1) is 30.4. The number of β-amino-alcohol motifs (C(OH)–C–C–N with tert-alkyl or cyclic N) is 1. The second-order valence-corrected chi connectivity index (χ2v) is 8.17. The molecule has 1 aromatic rings. The van der Waals surface area contributed by atoms with Crippen LogP contribution in [-0.4, -0.2) is 90.4 Å². The van der Waals surface area contributed by atoms with Crippen molar-refractivity contribution in [3.05, 3.63) is 35.4 Å². The van der Waals surface area contributed by atoms with Crippen LogP contribution in [0.25, 0.3) is 0 Å². The number of aliphatic hydroxyl groups is 1. The van der Waals surface area contributed by atoms with Gasteiger partial charge >= 0.3 is 6.18 Å². The third-order valence-electron chi connectivity index (χ3n) is 5.90. The first-order chi connectivity index (χ1) is 15.3. The molecule has 0 atom stereocenters. The van der Waals surface area contributed by atoms with Crippen LogP contribution in [0.1, 0.15) is 30.4 Å². The highest BCUT2D eigenvalue weighted by atomic mass is 35.5. The Hall–Kier alpha value is -1.59. The molecule has 0 saturated carbocycles. The first-order valence-corrected chi connectivity index (χ1v) is 11.0. The molecule has 7 nitrogen and oxygen atoms in total. The first-order valence-electron chi connectivity index (χ1n) is 11.0. The van der Waals surface area contributed by atoms with E-state index >= 15 is 0 Å². The van der Waals surface area contributed by atoms with Gasteiger partial charge in [-0.25, -0.2) is 0 Å². The number of piperazine rings is 1. The lowest BCUT2D eigenvalue weighted by Gasteiger charge is -2.34. The Bertz CT molecular complexity index is 781. The van der Waals surface area contributed by atoms with Gasteiger partial charge in [0.05, 0.1) is 17.9 Å². The smallest absolute Gasteiger partial charge is 0.395 e. The van der Waals surface area contributed by atoms with Crippen molar-refractivity contribution < 1.29 is 27.9 Å². The van der Waals surface area contributed by atoms with Crippen LogP contribution in [0, 0.1) is 0 Å². The van der Waals surface area contributed by atoms with Crippen LogP contribution in [0.15, 0.2) is 29.4 Å². The number of amides is 1. The Balaban J connectivity index is 0.00000289. The van der Waals surface area contributed by atoms with Gasteiger partial charge in [-0.15, -0.1) is 24.8 Å². The van der Waals surface area contributed by atoms with E-state index in [1.807, 2.05) is 4.90 Å². The fourth-order valence-corrected chi connectivity index (χ4v) is 3.93. The second kappa shape index (κ2) is 14.7. The van der Waals surface area contributed by atoms with Gasteiger partial charge in [0.25, 0.3) is 0 Å². The number of aliphatic hydroxyl groups excluding tert-OH is 1. The third-order valence-corrected chi connectivity index (χ3v) is 5.90. The Morgan fingerprint density at radius 3 is 2.21 bits per heavy atom. The van der Waals surface area contributed by atoms with Crippen molar-refractivity contribution in [2.75, 3.05) is 59.0 Å². The van der Waals surface area contributed by atoms with Crippen LogP contribution in [0.5, 0.6) is 0 Å². The van der Waals surface area contributed by atoms with Crippen LogP contribution in [0.2, 0.25) is 0 Å². The number of carbonyl (C=O) groups is 1. The molecular formula is C22H33Cl2F3N4O3. The molecule has 0 unspecified atom stereocenters. The third kappa shape index (κ3) is 9.58. The van der Waals surface area contributed by atoms with Crippen molar-refractivity contribution >= 4 is 36.4 Å². The van der Waals surface area contributed by atoms with Crippen LogP contribution in [0.4, 0.5) is 13.2 Å². The molecule has 1 N–H and O–H groups in total. The quantitative estimate of drug-likeness (QED) is 0.525. The number of alkyl halides is 3. The highest BCUT2D eigenvalue weighted by Crippen LogP contribution is 2.29. The molecular weight excluding hydrogens is 496 g/mol. The van der Waals surface area contributed by atoms with E-state index in [2.05, 4.69) is 15.0 Å². The Labute approximate surface area is 210 Å². The summed E-state index contributed by atoms with van der Waals surface area (Å²) < 4.78 is 38.3. The zero-order chi connectivity index (χ0) is 23.0. The number of benzene rings is 1. The van der Waals surface area contributed by atoms with E-state index in [1.54, 1.807) is 6.07 Å². The van der Waals surface area contributed by atoms with Crippen LogP contribution >= 0.6 is 24.8 Å². The molecule has 34 heavy (non-hydrogen) atoms. The van der Waals surface area contributed by atoms with Gasteiger partial charge in [0, 0.05) is 71.6 Å². The molecule has 3 rings (SSSR count). The van der Waals surface area contributed by atoms with Gasteiger partial charge in [0.15, 0.2) is 0 Å². The van der Waals surface area contributed by atoms with Gasteiger partial charge in [0.2, 0.25) is 5.91 Å². The molecule has 0 radical (unpaired) electrons. The Morgan fingerprint density at radius 1 is 1.00 bits per heavy atom. The molecule has 1 aromatic carbocycles. The van der Waals surface area contributed by atoms with Gasteiger partial charge in [-0.2, -0.15) is 13.2 Å². The van der Waals surface area contributed by atoms with Gasteiger partial charge in [-0.1, -0.05) is 17.3 Å². The molecule has 0 aromatic heterocycles. The number of carbonyl (C=O) groups excluding carboxylic acids is 1. The minimum absolute atomic E-state index is 0. The van der Waals surface area contributed by atoms with E-state index in [4.69, 9.17) is 9.94 Å². The van der Waals surface area contributed by atoms with Crippen molar-refractivity contribution in [1.29, 1.82) is 0 Å². The summed E-state index contributed by atoms with van der Waals surface area (Å²) >= 11 is 0. The summed E-state index contributed by atoms with van der Waals surface area (Å²) in [6, 6.07) is 5.02. The largest absolute Gasteiger partial charge is 0.416 e. The minimum Gasteiger partial charge on any atom is -0.395 e. The van der Waals surface area contributed by atoms with Crippen molar-refractivity contribution in [2.24, 2.45) is 5.16 Å². The van der Waals surface area contributed by atoms with Crippen molar-refractivity contribution in [3.8, 4) is 0 Å². The number of nitrogens with zero attached hydrogens (tertiary/aromatic N) is 4. The summed E-state index contributed by atoms with van der Waals surface area (Å²) in [4.78, 5) is 24.1. The van der Waals surface area contributed by atoms with E-state index in [-0.39, 0.29) is 43.9 Å². The van der Waals surface area contributed by atoms with Crippen molar-refractivity contribution in [1.82, 2.24) is 14.7 Å². The second-order valence-electron chi connectivity index (χ2n) is 8.17. The standard InChI is InChI=1S/C22H31F3N4O3.2ClH/c23-22(24,25)19-3-1-2-18(16-19)17-32-26-20-4-8-29(9-5-20)21(31)6-7-27-10-12-28(13-11-27)14-15-30;;/h1-3,16,30H,4-15,17H2;2*1H. The lowest BCUT2D eigenvalue weighted by Crippen LogP contribution is -2.48. The number of rotatable bonds is 8. The number of halogens is 5. The van der Waals surface area contributed by atoms with Crippen molar-refractivity contribution in [2.45, 2.75) is 32.0 Å². The van der Waals surface area contributed by atoms with Gasteiger partial charge in [-0.05, 0) is 17.7 Å². The molecule has 2 heterocycles. The molecule has 12 heteroatoms. The molecule has 2 aliphatic heterocycles. The SMILES string of the molecule is Cl.Cl.O=C(CCN1CCN(CCO)CC1)N1CCC(=NOCc2cccc(C(F)(F)F)c2)CC1. The van der Waals surface area contributed by atoms with E-state index < -0.39 is 11.7 Å². The fraction of sp³-hybridized carbons (Fsp3) is 0.636. The number of hydrogen-bond acceptors (Lipinski definition) is 6. The van der Waals surface area contributed by atoms with Crippen molar-refractivity contribution in [3.63, 3.8) is 0 Å². The van der Waals surface area contributed by atoms with Gasteiger partial charge in [-0.3, -0.25) is 9.69 Å². The zero-order valence-electron chi connectivity index (χ0n) is 19.0. The summed E-state index contributed by atoms with van der Waals surface area (Å²) in [6.07, 6.45) is -2.68. The van der Waals surface area contributed by atoms with Crippen LogP contribution < -0.4 is 0 Å². The van der Waals surface area contributed by atoms with E-state index in [0.717, 1.165) is 50.6 Å². The predicted molar refractivity (Wildman–Crippen MR) is 129 cm³/mol. The zero-order valence-corrected chi connectivity index (χ0v) is 20.6. The highest BCUT2D eigenvalue weighted by molar-refractivity contribution is 5.87. The number of oxime groups is 1. The van der Waals surface area contributed by atoms with Crippen LogP contribution in [0.3, 0.4) is 0 Å². The fourth-order valence-electron chi connectivity index (χ4n) is 3.93. The molecule has 0 aliphatic carbocycles. The Morgan fingerprint density at radius 2 is 1.62 bits per heavy atom. The van der Waals surface area contributed by atoms with E-state index in [9.17, 15) is 18.0 Å². The predicted octanol–water partition coefficient (Wildman–Crippen LogP) is 3.04. The maximum atomic E-state index is 12.8.